The molecule has 0 spiro atoms. The first-order valence-electron chi connectivity index (χ1n) is 15.7. The Hall–Kier alpha value is -4.18. The summed E-state index contributed by atoms with van der Waals surface area (Å²) in [5.41, 5.74) is -0.538. The minimum Gasteiger partial charge on any atom is -0.493 e. The molecule has 45 heavy (non-hydrogen) atoms. The zero-order chi connectivity index (χ0) is 31.8. The number of carbonyl (C=O) groups excluding carboxylic acids is 2. The first kappa shape index (κ1) is 30.8. The van der Waals surface area contributed by atoms with Gasteiger partial charge in [0.15, 0.2) is 11.5 Å². The number of methoxy groups -OCH3 is 1. The zero-order valence-electron chi connectivity index (χ0n) is 26.0. The molecule has 3 aromatic rings. The molecule has 2 saturated carbocycles. The van der Waals surface area contributed by atoms with Crippen molar-refractivity contribution in [2.75, 3.05) is 20.3 Å². The van der Waals surface area contributed by atoms with Gasteiger partial charge in [-0.3, -0.25) is 9.59 Å². The van der Waals surface area contributed by atoms with Crippen LogP contribution < -0.4 is 24.8 Å². The molecule has 2 amide bonds. The molecule has 0 unspecified atom stereocenters. The summed E-state index contributed by atoms with van der Waals surface area (Å²) in [7, 11) is 1.52. The number of hydrogen-bond acceptors (Lipinski definition) is 7. The smallest absolute Gasteiger partial charge is 0.251 e. The van der Waals surface area contributed by atoms with Crippen LogP contribution in [0.15, 0.2) is 48.5 Å². The second-order valence-corrected chi connectivity index (χ2v) is 12.8. The number of carbonyl (C=O) groups is 2. The number of fused-ring (bicyclic) bond motifs is 1. The Morgan fingerprint density at radius 1 is 1.07 bits per heavy atom. The Labute approximate surface area is 262 Å². The lowest BCUT2D eigenvalue weighted by Crippen LogP contribution is -2.48. The molecule has 0 bridgehead atoms. The molecule has 0 radical (unpaired) electrons. The number of benzene rings is 2. The molecular weight excluding hydrogens is 577 g/mol. The number of amides is 2. The molecule has 10 heteroatoms. The van der Waals surface area contributed by atoms with Gasteiger partial charge >= 0.3 is 0 Å². The van der Waals surface area contributed by atoms with E-state index in [0.29, 0.717) is 39.6 Å². The third kappa shape index (κ3) is 6.47. The van der Waals surface area contributed by atoms with Gasteiger partial charge in [0.2, 0.25) is 5.91 Å². The molecule has 238 valence electrons. The molecular formula is C35H40FN3O6. The molecule has 1 aromatic heterocycles. The number of pyridine rings is 1. The highest BCUT2D eigenvalue weighted by Gasteiger charge is 2.46. The van der Waals surface area contributed by atoms with Crippen LogP contribution in [0, 0.1) is 5.82 Å². The van der Waals surface area contributed by atoms with E-state index in [1.54, 1.807) is 43.3 Å². The van der Waals surface area contributed by atoms with Gasteiger partial charge in [-0.2, -0.15) is 0 Å². The van der Waals surface area contributed by atoms with Crippen molar-refractivity contribution in [2.45, 2.75) is 82.0 Å². The van der Waals surface area contributed by atoms with Crippen molar-refractivity contribution in [3.63, 3.8) is 0 Å². The van der Waals surface area contributed by atoms with Gasteiger partial charge < -0.3 is 30.0 Å². The number of aliphatic hydroxyl groups is 1. The van der Waals surface area contributed by atoms with Gasteiger partial charge in [-0.1, -0.05) is 19.3 Å². The van der Waals surface area contributed by atoms with E-state index in [0.717, 1.165) is 38.5 Å². The molecule has 3 N–H and O–H groups in total. The van der Waals surface area contributed by atoms with Gasteiger partial charge in [0, 0.05) is 22.7 Å². The number of rotatable bonds is 10. The maximum absolute atomic E-state index is 13.8. The quantitative estimate of drug-likeness (QED) is 0.287. The van der Waals surface area contributed by atoms with Gasteiger partial charge in [0.25, 0.3) is 5.91 Å². The first-order valence-corrected chi connectivity index (χ1v) is 15.7. The molecule has 2 aliphatic carbocycles. The topological polar surface area (TPSA) is 119 Å². The van der Waals surface area contributed by atoms with Gasteiger partial charge in [-0.05, 0) is 88.1 Å². The maximum Gasteiger partial charge on any atom is 0.251 e. The fraction of sp³-hybridized carbons (Fsp3) is 0.457. The predicted octanol–water partition coefficient (Wildman–Crippen LogP) is 5.17. The van der Waals surface area contributed by atoms with Crippen molar-refractivity contribution < 1.29 is 33.3 Å². The van der Waals surface area contributed by atoms with Crippen molar-refractivity contribution in [1.82, 2.24) is 15.6 Å². The molecule has 1 aliphatic heterocycles. The van der Waals surface area contributed by atoms with E-state index in [-0.39, 0.29) is 36.9 Å². The van der Waals surface area contributed by atoms with Crippen LogP contribution >= 0.6 is 0 Å². The molecule has 2 heterocycles. The third-order valence-corrected chi connectivity index (χ3v) is 9.02. The third-order valence-electron chi connectivity index (χ3n) is 9.02. The minimum atomic E-state index is -1.64. The van der Waals surface area contributed by atoms with E-state index in [1.165, 1.54) is 25.7 Å². The minimum absolute atomic E-state index is 0.0986. The molecule has 9 nitrogen and oxygen atoms in total. The van der Waals surface area contributed by atoms with Gasteiger partial charge in [0.1, 0.15) is 34.9 Å². The Morgan fingerprint density at radius 2 is 1.80 bits per heavy atom. The molecule has 2 atom stereocenters. The van der Waals surface area contributed by atoms with Crippen LogP contribution in [0.3, 0.4) is 0 Å². The molecule has 3 aliphatic rings. The van der Waals surface area contributed by atoms with E-state index in [4.69, 9.17) is 19.2 Å². The lowest BCUT2D eigenvalue weighted by molar-refractivity contribution is -0.127. The standard InChI is InChI=1S/C35H40FN3O6/c1-34(33(41)38-24-7-5-4-6-8-24)20-44-31-26(34)18-29(39-30(31)21-9-12-23(36)13-10-21)35(2,42)19-37-32(40)22-11-16-27(28(17-22)43-3)45-25-14-15-25/h9-13,16-18,24-25,42H,4-8,14-15,19-20H2,1-3H3,(H,37,40)(H,38,41)/t34-,35-/m0/s1. The summed E-state index contributed by atoms with van der Waals surface area (Å²) in [6.07, 6.45) is 7.38. The average Bonchev–Trinajstić information content (AvgIpc) is 3.80. The highest BCUT2D eigenvalue weighted by atomic mass is 19.1. The second-order valence-electron chi connectivity index (χ2n) is 12.8. The normalized spacial score (nSPS) is 20.8. The van der Waals surface area contributed by atoms with Crippen molar-refractivity contribution >= 4 is 11.8 Å². The van der Waals surface area contributed by atoms with Crippen LogP contribution in [-0.4, -0.2) is 54.3 Å². The van der Waals surface area contributed by atoms with Crippen LogP contribution in [0.4, 0.5) is 4.39 Å². The van der Waals surface area contributed by atoms with Gasteiger partial charge in [0.05, 0.1) is 25.5 Å². The van der Waals surface area contributed by atoms with Crippen LogP contribution in [-0.2, 0) is 15.8 Å². The SMILES string of the molecule is COc1cc(C(=O)NC[C@](C)(O)c2cc3c(c(-c4ccc(F)cc4)n2)OC[C@]3(C)C(=O)NC2CCCCC2)ccc1OC1CC1. The summed E-state index contributed by atoms with van der Waals surface area (Å²) in [6.45, 7) is 3.31. The van der Waals surface area contributed by atoms with E-state index in [1.807, 2.05) is 6.92 Å². The second kappa shape index (κ2) is 12.3. The van der Waals surface area contributed by atoms with Crippen molar-refractivity contribution in [2.24, 2.45) is 0 Å². The van der Waals surface area contributed by atoms with E-state index < -0.39 is 22.7 Å². The Morgan fingerprint density at radius 3 is 2.49 bits per heavy atom. The fourth-order valence-corrected chi connectivity index (χ4v) is 5.96. The summed E-state index contributed by atoms with van der Waals surface area (Å²) < 4.78 is 31.3. The number of ether oxygens (including phenoxy) is 3. The van der Waals surface area contributed by atoms with Crippen LogP contribution in [0.1, 0.15) is 80.4 Å². The number of hydrogen-bond donors (Lipinski definition) is 3. The zero-order valence-corrected chi connectivity index (χ0v) is 26.0. The van der Waals surface area contributed by atoms with Gasteiger partial charge in [-0.25, -0.2) is 9.37 Å². The lowest BCUT2D eigenvalue weighted by Gasteiger charge is -2.29. The average molecular weight is 618 g/mol. The molecule has 6 rings (SSSR count). The number of nitrogens with zero attached hydrogens (tertiary/aromatic N) is 1. The van der Waals surface area contributed by atoms with E-state index in [2.05, 4.69) is 10.6 Å². The summed E-state index contributed by atoms with van der Waals surface area (Å²) in [4.78, 5) is 31.7. The van der Waals surface area contributed by atoms with Crippen molar-refractivity contribution in [1.29, 1.82) is 0 Å². The molecule has 2 aromatic carbocycles. The van der Waals surface area contributed by atoms with E-state index in [9.17, 15) is 19.1 Å². The molecule has 2 fully saturated rings. The summed E-state index contributed by atoms with van der Waals surface area (Å²) >= 11 is 0. The first-order chi connectivity index (χ1) is 21.6. The Balaban J connectivity index is 1.28. The van der Waals surface area contributed by atoms with Crippen LogP contribution in [0.25, 0.3) is 11.3 Å². The van der Waals surface area contributed by atoms with Crippen LogP contribution in [0.2, 0.25) is 0 Å². The lowest BCUT2D eigenvalue weighted by atomic mass is 9.81. The summed E-state index contributed by atoms with van der Waals surface area (Å²) in [5.74, 6) is 0.501. The Bertz CT molecular complexity index is 1580. The van der Waals surface area contributed by atoms with Crippen molar-refractivity contribution in [3.05, 3.63) is 71.2 Å². The summed E-state index contributed by atoms with van der Waals surface area (Å²) in [5, 5.41) is 17.8. The predicted molar refractivity (Wildman–Crippen MR) is 166 cm³/mol. The molecule has 0 saturated heterocycles. The Kier molecular flexibility index (Phi) is 8.43. The monoisotopic (exact) mass is 617 g/mol. The van der Waals surface area contributed by atoms with Crippen LogP contribution in [0.5, 0.6) is 17.2 Å². The maximum atomic E-state index is 13.8. The number of halogens is 1. The van der Waals surface area contributed by atoms with Crippen molar-refractivity contribution in [3.8, 4) is 28.5 Å². The van der Waals surface area contributed by atoms with Gasteiger partial charge in [-0.15, -0.1) is 0 Å². The fourth-order valence-electron chi connectivity index (χ4n) is 5.96. The number of aromatic nitrogens is 1. The highest BCUT2D eigenvalue weighted by molar-refractivity contribution is 5.95. The largest absolute Gasteiger partial charge is 0.493 e. The van der Waals surface area contributed by atoms with E-state index >= 15 is 0 Å². The number of nitrogens with one attached hydrogen (secondary N) is 2. The highest BCUT2D eigenvalue weighted by Crippen LogP contribution is 2.46. The summed E-state index contributed by atoms with van der Waals surface area (Å²) in [6, 6.07) is 12.6.